The van der Waals surface area contributed by atoms with Gasteiger partial charge in [0.1, 0.15) is 18.1 Å². The number of aromatic nitrogens is 2. The molecule has 9 nitrogen and oxygen atoms in total. The average Bonchev–Trinajstić information content (AvgIpc) is 3.27. The number of sulfonamides is 1. The van der Waals surface area contributed by atoms with E-state index in [-0.39, 0.29) is 23.2 Å². The van der Waals surface area contributed by atoms with Crippen molar-refractivity contribution in [2.75, 3.05) is 10.0 Å². The molecule has 0 aliphatic carbocycles. The van der Waals surface area contributed by atoms with Gasteiger partial charge >= 0.3 is 0 Å². The maximum absolute atomic E-state index is 12.7. The van der Waals surface area contributed by atoms with Crippen molar-refractivity contribution < 1.29 is 22.4 Å². The molecule has 0 spiro atoms. The second kappa shape index (κ2) is 10.3. The lowest BCUT2D eigenvalue weighted by Crippen LogP contribution is -2.16. The van der Waals surface area contributed by atoms with Gasteiger partial charge < -0.3 is 14.5 Å². The fourth-order valence-electron chi connectivity index (χ4n) is 3.15. The number of nitrogens with one attached hydrogen (secondary N) is 2. The smallest absolute Gasteiger partial charge is 0.291 e. The molecule has 180 valence electrons. The van der Waals surface area contributed by atoms with E-state index < -0.39 is 15.9 Å². The van der Waals surface area contributed by atoms with Crippen LogP contribution in [0.2, 0.25) is 0 Å². The number of nitrogens with zero attached hydrogens (tertiary/aromatic N) is 2. The average molecular weight is 557 g/mol. The minimum absolute atomic E-state index is 0.00256. The highest BCUT2D eigenvalue weighted by atomic mass is 79.9. The van der Waals surface area contributed by atoms with Crippen LogP contribution in [0.15, 0.2) is 80.5 Å². The molecule has 0 bridgehead atoms. The summed E-state index contributed by atoms with van der Waals surface area (Å²) in [6, 6.07) is 18.1. The molecule has 0 atom stereocenters. The minimum Gasteiger partial charge on any atom is -0.484 e. The standard InChI is InChI=1S/C24H21BrN4O5S/c1-15-13-16(2)27-24(26-15)29-35(31,32)19-10-7-17(8-11-19)28-23(30)22-12-9-18(34-22)14-33-21-6-4-3-5-20(21)25/h3-13H,14H2,1-2H3,(H,28,30)(H,26,27,29). The topological polar surface area (TPSA) is 123 Å². The molecule has 11 heteroatoms. The Kier molecular flexibility index (Phi) is 7.17. The van der Waals surface area contributed by atoms with Crippen molar-refractivity contribution in [3.63, 3.8) is 0 Å². The predicted molar refractivity (Wildman–Crippen MR) is 134 cm³/mol. The summed E-state index contributed by atoms with van der Waals surface area (Å²) in [5, 5.41) is 2.68. The van der Waals surface area contributed by atoms with Crippen LogP contribution < -0.4 is 14.8 Å². The molecule has 0 radical (unpaired) electrons. The van der Waals surface area contributed by atoms with Crippen LogP contribution in [0.4, 0.5) is 11.6 Å². The molecule has 0 unspecified atom stereocenters. The van der Waals surface area contributed by atoms with Crippen LogP contribution in [0.1, 0.15) is 27.7 Å². The quantitative estimate of drug-likeness (QED) is 0.310. The van der Waals surface area contributed by atoms with Crippen LogP contribution in [0.5, 0.6) is 5.75 Å². The maximum Gasteiger partial charge on any atom is 0.291 e. The highest BCUT2D eigenvalue weighted by molar-refractivity contribution is 9.10. The molecule has 0 aliphatic rings. The number of carbonyl (C=O) groups excluding carboxylic acids is 1. The predicted octanol–water partition coefficient (Wildman–Crippen LogP) is 5.08. The highest BCUT2D eigenvalue weighted by Crippen LogP contribution is 2.25. The van der Waals surface area contributed by atoms with Gasteiger partial charge in [-0.05, 0) is 84.4 Å². The molecule has 0 saturated heterocycles. The first kappa shape index (κ1) is 24.4. The number of carbonyl (C=O) groups is 1. The van der Waals surface area contributed by atoms with Gasteiger partial charge in [-0.3, -0.25) is 4.79 Å². The van der Waals surface area contributed by atoms with E-state index in [1.807, 2.05) is 24.3 Å². The number of rotatable bonds is 8. The first-order valence-corrected chi connectivity index (χ1v) is 12.7. The van der Waals surface area contributed by atoms with E-state index in [0.717, 1.165) is 4.47 Å². The van der Waals surface area contributed by atoms with E-state index in [4.69, 9.17) is 9.15 Å². The SMILES string of the molecule is Cc1cc(C)nc(NS(=O)(=O)c2ccc(NC(=O)c3ccc(COc4ccccc4Br)o3)cc2)n1. The van der Waals surface area contributed by atoms with E-state index >= 15 is 0 Å². The van der Waals surface area contributed by atoms with Gasteiger partial charge in [-0.2, -0.15) is 0 Å². The molecule has 1 amide bonds. The molecule has 35 heavy (non-hydrogen) atoms. The van der Waals surface area contributed by atoms with Crippen molar-refractivity contribution in [1.29, 1.82) is 0 Å². The zero-order chi connectivity index (χ0) is 25.0. The van der Waals surface area contributed by atoms with Crippen LogP contribution in [-0.4, -0.2) is 24.3 Å². The van der Waals surface area contributed by atoms with E-state index in [2.05, 4.69) is 35.9 Å². The molecule has 2 aromatic heterocycles. The third-order valence-electron chi connectivity index (χ3n) is 4.72. The Hall–Kier alpha value is -3.70. The molecule has 4 aromatic rings. The van der Waals surface area contributed by atoms with Gasteiger partial charge in [-0.15, -0.1) is 0 Å². The lowest BCUT2D eigenvalue weighted by atomic mass is 10.3. The molecule has 2 aromatic carbocycles. The fraction of sp³-hybridized carbons (Fsp3) is 0.125. The Bertz CT molecular complexity index is 1450. The maximum atomic E-state index is 12.7. The number of aryl methyl sites for hydroxylation is 2. The summed E-state index contributed by atoms with van der Waals surface area (Å²) in [4.78, 5) is 20.7. The monoisotopic (exact) mass is 556 g/mol. The Labute approximate surface area is 210 Å². The van der Waals surface area contributed by atoms with Crippen LogP contribution >= 0.6 is 15.9 Å². The molecule has 0 fully saturated rings. The van der Waals surface area contributed by atoms with Gasteiger partial charge in [0.05, 0.1) is 9.37 Å². The Morgan fingerprint density at radius 3 is 2.37 bits per heavy atom. The van der Waals surface area contributed by atoms with Gasteiger partial charge in [0.15, 0.2) is 5.76 Å². The minimum atomic E-state index is -3.90. The Morgan fingerprint density at radius 2 is 1.69 bits per heavy atom. The van der Waals surface area contributed by atoms with Gasteiger partial charge in [0.25, 0.3) is 15.9 Å². The van der Waals surface area contributed by atoms with Crippen LogP contribution in [0.3, 0.4) is 0 Å². The number of ether oxygens (including phenoxy) is 1. The van der Waals surface area contributed by atoms with Crippen LogP contribution in [0.25, 0.3) is 0 Å². The normalized spacial score (nSPS) is 11.2. The van der Waals surface area contributed by atoms with E-state index in [1.54, 1.807) is 32.0 Å². The summed E-state index contributed by atoms with van der Waals surface area (Å²) in [5.74, 6) is 0.753. The van der Waals surface area contributed by atoms with Gasteiger partial charge in [0, 0.05) is 17.1 Å². The number of anilines is 2. The van der Waals surface area contributed by atoms with E-state index in [0.29, 0.717) is 28.6 Å². The number of para-hydroxylation sites is 1. The largest absolute Gasteiger partial charge is 0.484 e. The van der Waals surface area contributed by atoms with E-state index in [9.17, 15) is 13.2 Å². The number of hydrogen-bond donors (Lipinski definition) is 2. The zero-order valence-electron chi connectivity index (χ0n) is 18.8. The second-order valence-electron chi connectivity index (χ2n) is 7.54. The summed E-state index contributed by atoms with van der Waals surface area (Å²) in [6.45, 7) is 3.65. The fourth-order valence-corrected chi connectivity index (χ4v) is 4.49. The summed E-state index contributed by atoms with van der Waals surface area (Å²) in [5.41, 5.74) is 1.70. The molecule has 0 aliphatic heterocycles. The molecule has 0 saturated carbocycles. The van der Waals surface area contributed by atoms with Crippen molar-refractivity contribution in [1.82, 2.24) is 9.97 Å². The Morgan fingerprint density at radius 1 is 1.00 bits per heavy atom. The summed E-state index contributed by atoms with van der Waals surface area (Å²) >= 11 is 3.41. The third-order valence-corrected chi connectivity index (χ3v) is 6.72. The second-order valence-corrected chi connectivity index (χ2v) is 10.1. The molecule has 2 heterocycles. The Balaban J connectivity index is 1.38. The van der Waals surface area contributed by atoms with Crippen molar-refractivity contribution >= 4 is 43.5 Å². The number of hydrogen-bond acceptors (Lipinski definition) is 7. The van der Waals surface area contributed by atoms with Crippen LogP contribution in [0, 0.1) is 13.8 Å². The van der Waals surface area contributed by atoms with Gasteiger partial charge in [-0.1, -0.05) is 12.1 Å². The lowest BCUT2D eigenvalue weighted by molar-refractivity contribution is 0.0992. The van der Waals surface area contributed by atoms with E-state index in [1.165, 1.54) is 24.3 Å². The number of benzene rings is 2. The first-order valence-electron chi connectivity index (χ1n) is 10.4. The van der Waals surface area contributed by atoms with Gasteiger partial charge in [0.2, 0.25) is 5.95 Å². The molecule has 4 rings (SSSR count). The number of amides is 1. The number of halogens is 1. The summed E-state index contributed by atoms with van der Waals surface area (Å²) in [7, 11) is -3.90. The molecular weight excluding hydrogens is 536 g/mol. The van der Waals surface area contributed by atoms with Crippen molar-refractivity contribution in [3.05, 3.63) is 94.1 Å². The van der Waals surface area contributed by atoms with Crippen molar-refractivity contribution in [2.45, 2.75) is 25.3 Å². The summed E-state index contributed by atoms with van der Waals surface area (Å²) < 4.78 is 39.8. The summed E-state index contributed by atoms with van der Waals surface area (Å²) in [6.07, 6.45) is 0. The lowest BCUT2D eigenvalue weighted by Gasteiger charge is -2.09. The number of furan rings is 1. The van der Waals surface area contributed by atoms with Crippen molar-refractivity contribution in [3.8, 4) is 5.75 Å². The molecular formula is C24H21BrN4O5S. The molecule has 2 N–H and O–H groups in total. The van der Waals surface area contributed by atoms with Crippen LogP contribution in [-0.2, 0) is 16.6 Å². The first-order chi connectivity index (χ1) is 16.7. The zero-order valence-corrected chi connectivity index (χ0v) is 21.2. The third kappa shape index (κ3) is 6.25. The highest BCUT2D eigenvalue weighted by Gasteiger charge is 2.17. The van der Waals surface area contributed by atoms with Gasteiger partial charge in [-0.25, -0.2) is 23.1 Å². The van der Waals surface area contributed by atoms with Crippen molar-refractivity contribution in [2.24, 2.45) is 0 Å².